The Labute approximate surface area is 104 Å². The Balaban J connectivity index is 2.35. The topological polar surface area (TPSA) is 88.9 Å². The van der Waals surface area contributed by atoms with E-state index in [-0.39, 0.29) is 18.8 Å². The summed E-state index contributed by atoms with van der Waals surface area (Å²) in [5.41, 5.74) is 0. The van der Waals surface area contributed by atoms with E-state index in [1.165, 1.54) is 0 Å². The van der Waals surface area contributed by atoms with Crippen LogP contribution in [0, 0.1) is 0 Å². The molecule has 0 saturated heterocycles. The molecule has 8 heteroatoms. The molecule has 0 fully saturated rings. The second-order valence-electron chi connectivity index (χ2n) is 3.20. The molecule has 2 N–H and O–H groups in total. The van der Waals surface area contributed by atoms with Crippen molar-refractivity contribution >= 4 is 23.5 Å². The molecule has 1 aromatic heterocycles. The number of carbonyl (C=O) groups excluding carboxylic acids is 2. The highest BCUT2D eigenvalue weighted by molar-refractivity contribution is 6.19. The Morgan fingerprint density at radius 3 is 2.94 bits per heavy atom. The smallest absolute Gasteiger partial charge is 0.321 e. The van der Waals surface area contributed by atoms with Crippen LogP contribution in [0.1, 0.15) is 19.2 Å². The zero-order chi connectivity index (χ0) is 12.7. The van der Waals surface area contributed by atoms with Gasteiger partial charge in [-0.1, -0.05) is 0 Å². The molecule has 0 aromatic carbocycles. The molecule has 0 atom stereocenters. The van der Waals surface area contributed by atoms with Crippen LogP contribution < -0.4 is 10.6 Å². The zero-order valence-corrected chi connectivity index (χ0v) is 10.2. The fourth-order valence-corrected chi connectivity index (χ4v) is 1.33. The van der Waals surface area contributed by atoms with Crippen molar-refractivity contribution in [1.82, 2.24) is 25.4 Å². The summed E-state index contributed by atoms with van der Waals surface area (Å²) in [6.45, 7) is 2.88. The largest absolute Gasteiger partial charge is 0.330 e. The fraction of sp³-hybridized carbons (Fsp3) is 0.556. The van der Waals surface area contributed by atoms with Crippen LogP contribution >= 0.6 is 11.6 Å². The Morgan fingerprint density at radius 2 is 2.29 bits per heavy atom. The number of amides is 3. The van der Waals surface area contributed by atoms with E-state index < -0.39 is 11.9 Å². The molecule has 94 valence electrons. The maximum absolute atomic E-state index is 11.3. The van der Waals surface area contributed by atoms with Gasteiger partial charge in [-0.05, 0) is 6.92 Å². The van der Waals surface area contributed by atoms with E-state index in [1.807, 2.05) is 6.92 Å². The quantitative estimate of drug-likeness (QED) is 0.742. The molecule has 0 aliphatic heterocycles. The highest BCUT2D eigenvalue weighted by Crippen LogP contribution is 1.93. The van der Waals surface area contributed by atoms with Gasteiger partial charge in [0.25, 0.3) is 0 Å². The first-order chi connectivity index (χ1) is 8.17. The highest BCUT2D eigenvalue weighted by atomic mass is 35.5. The molecule has 0 aliphatic rings. The number of alkyl halides is 1. The molecule has 1 aromatic rings. The van der Waals surface area contributed by atoms with Gasteiger partial charge in [-0.3, -0.25) is 10.1 Å². The standard InChI is InChI=1S/C9H14ClN5O2/c1-2-15-6-12-14-7(15)5-11-9(17)13-8(16)3-4-10/h6H,2-5H2,1H3,(H2,11,13,16,17). The summed E-state index contributed by atoms with van der Waals surface area (Å²) in [5.74, 6) is 0.408. The van der Waals surface area contributed by atoms with Crippen LogP contribution in [0.5, 0.6) is 0 Å². The predicted molar refractivity (Wildman–Crippen MR) is 61.4 cm³/mol. The molecule has 0 saturated carbocycles. The summed E-state index contributed by atoms with van der Waals surface area (Å²) in [6.07, 6.45) is 1.69. The third-order valence-corrected chi connectivity index (χ3v) is 2.21. The van der Waals surface area contributed by atoms with Crippen molar-refractivity contribution in [2.24, 2.45) is 0 Å². The third kappa shape index (κ3) is 4.39. The zero-order valence-electron chi connectivity index (χ0n) is 9.44. The van der Waals surface area contributed by atoms with Crippen molar-refractivity contribution in [2.45, 2.75) is 26.4 Å². The number of aryl methyl sites for hydroxylation is 1. The van der Waals surface area contributed by atoms with Gasteiger partial charge in [0.05, 0.1) is 6.54 Å². The molecule has 0 spiro atoms. The lowest BCUT2D eigenvalue weighted by molar-refractivity contribution is -0.119. The SMILES string of the molecule is CCn1cnnc1CNC(=O)NC(=O)CCCl. The second-order valence-corrected chi connectivity index (χ2v) is 3.58. The van der Waals surface area contributed by atoms with Gasteiger partial charge >= 0.3 is 6.03 Å². The van der Waals surface area contributed by atoms with Crippen molar-refractivity contribution < 1.29 is 9.59 Å². The van der Waals surface area contributed by atoms with E-state index in [0.29, 0.717) is 5.82 Å². The number of nitrogens with one attached hydrogen (secondary N) is 2. The van der Waals surface area contributed by atoms with E-state index in [0.717, 1.165) is 6.54 Å². The number of hydrogen-bond donors (Lipinski definition) is 2. The molecular weight excluding hydrogens is 246 g/mol. The highest BCUT2D eigenvalue weighted by Gasteiger charge is 2.08. The average Bonchev–Trinajstić information content (AvgIpc) is 2.73. The minimum absolute atomic E-state index is 0.111. The lowest BCUT2D eigenvalue weighted by Gasteiger charge is -2.06. The predicted octanol–water partition coefficient (Wildman–Crippen LogP) is 0.253. The summed E-state index contributed by atoms with van der Waals surface area (Å²) < 4.78 is 1.79. The first-order valence-electron chi connectivity index (χ1n) is 5.17. The van der Waals surface area contributed by atoms with Crippen LogP contribution in [0.25, 0.3) is 0 Å². The molecule has 7 nitrogen and oxygen atoms in total. The molecule has 17 heavy (non-hydrogen) atoms. The monoisotopic (exact) mass is 259 g/mol. The van der Waals surface area contributed by atoms with Gasteiger partial charge in [-0.25, -0.2) is 4.79 Å². The summed E-state index contributed by atoms with van der Waals surface area (Å²) in [5, 5.41) is 12.2. The van der Waals surface area contributed by atoms with Crippen LogP contribution in [-0.2, 0) is 17.9 Å². The molecule has 0 radical (unpaired) electrons. The van der Waals surface area contributed by atoms with Gasteiger partial charge in [-0.15, -0.1) is 21.8 Å². The van der Waals surface area contributed by atoms with Gasteiger partial charge in [0.15, 0.2) is 5.82 Å². The van der Waals surface area contributed by atoms with Gasteiger partial charge in [0, 0.05) is 18.8 Å². The minimum atomic E-state index is -0.564. The second kappa shape index (κ2) is 6.85. The first-order valence-corrected chi connectivity index (χ1v) is 5.71. The van der Waals surface area contributed by atoms with Crippen molar-refractivity contribution in [1.29, 1.82) is 0 Å². The number of nitrogens with zero attached hydrogens (tertiary/aromatic N) is 3. The number of urea groups is 1. The van der Waals surface area contributed by atoms with Crippen molar-refractivity contribution in [3.05, 3.63) is 12.2 Å². The average molecular weight is 260 g/mol. The van der Waals surface area contributed by atoms with Crippen LogP contribution in [0.4, 0.5) is 4.79 Å². The van der Waals surface area contributed by atoms with Crippen molar-refractivity contribution in [3.8, 4) is 0 Å². The number of halogens is 1. The normalized spacial score (nSPS) is 10.0. The van der Waals surface area contributed by atoms with Crippen LogP contribution in [0.3, 0.4) is 0 Å². The molecule has 3 amide bonds. The molecule has 0 unspecified atom stereocenters. The van der Waals surface area contributed by atoms with E-state index in [4.69, 9.17) is 11.6 Å². The van der Waals surface area contributed by atoms with Crippen molar-refractivity contribution in [3.63, 3.8) is 0 Å². The van der Waals surface area contributed by atoms with Gasteiger partial charge in [-0.2, -0.15) is 0 Å². The van der Waals surface area contributed by atoms with Crippen molar-refractivity contribution in [2.75, 3.05) is 5.88 Å². The number of hydrogen-bond acceptors (Lipinski definition) is 4. The van der Waals surface area contributed by atoms with E-state index in [1.54, 1.807) is 10.9 Å². The summed E-state index contributed by atoms with van der Waals surface area (Å²) in [6, 6.07) is -0.564. The summed E-state index contributed by atoms with van der Waals surface area (Å²) >= 11 is 5.36. The maximum Gasteiger partial charge on any atom is 0.321 e. The maximum atomic E-state index is 11.3. The van der Waals surface area contributed by atoms with Gasteiger partial charge in [0.1, 0.15) is 6.33 Å². The lowest BCUT2D eigenvalue weighted by Crippen LogP contribution is -2.39. The third-order valence-electron chi connectivity index (χ3n) is 2.02. The van der Waals surface area contributed by atoms with E-state index in [9.17, 15) is 9.59 Å². The number of imide groups is 1. The number of rotatable bonds is 5. The Morgan fingerprint density at radius 1 is 1.53 bits per heavy atom. The summed E-state index contributed by atoms with van der Waals surface area (Å²) in [7, 11) is 0. The Kier molecular flexibility index (Phi) is 5.41. The molecule has 1 heterocycles. The minimum Gasteiger partial charge on any atom is -0.330 e. The molecular formula is C9H14ClN5O2. The Hall–Kier alpha value is -1.63. The van der Waals surface area contributed by atoms with Gasteiger partial charge in [0.2, 0.25) is 5.91 Å². The lowest BCUT2D eigenvalue weighted by atomic mass is 10.4. The number of carbonyl (C=O) groups is 2. The first kappa shape index (κ1) is 13.4. The molecule has 0 aliphatic carbocycles. The Bertz CT molecular complexity index is 392. The van der Waals surface area contributed by atoms with Gasteiger partial charge < -0.3 is 9.88 Å². The van der Waals surface area contributed by atoms with E-state index in [2.05, 4.69) is 20.8 Å². The summed E-state index contributed by atoms with van der Waals surface area (Å²) in [4.78, 5) is 22.3. The molecule has 0 bridgehead atoms. The number of aromatic nitrogens is 3. The fourth-order valence-electron chi connectivity index (χ4n) is 1.16. The van der Waals surface area contributed by atoms with Crippen LogP contribution in [0.2, 0.25) is 0 Å². The van der Waals surface area contributed by atoms with E-state index >= 15 is 0 Å². The molecule has 1 rings (SSSR count). The van der Waals surface area contributed by atoms with Crippen LogP contribution in [0.15, 0.2) is 6.33 Å². The van der Waals surface area contributed by atoms with Crippen LogP contribution in [-0.4, -0.2) is 32.6 Å².